The van der Waals surface area contributed by atoms with Gasteiger partial charge in [-0.25, -0.2) is 9.78 Å². The van der Waals surface area contributed by atoms with Crippen LogP contribution >= 0.6 is 0 Å². The molecule has 0 aliphatic carbocycles. The van der Waals surface area contributed by atoms with Gasteiger partial charge in [0.05, 0.1) is 11.6 Å². The molecule has 0 saturated heterocycles. The summed E-state index contributed by atoms with van der Waals surface area (Å²) in [4.78, 5) is 16.6. The minimum Gasteiger partial charge on any atom is -0.458 e. The van der Waals surface area contributed by atoms with Crippen LogP contribution in [0.4, 0.5) is 0 Å². The molecule has 3 rings (SSSR count). The first kappa shape index (κ1) is 14.3. The number of nitrogens with zero attached hydrogens (tertiary/aromatic N) is 1. The predicted molar refractivity (Wildman–Crippen MR) is 87.7 cm³/mol. The minimum absolute atomic E-state index is 0.166. The van der Waals surface area contributed by atoms with Crippen LogP contribution in [-0.4, -0.2) is 17.1 Å². The van der Waals surface area contributed by atoms with Crippen LogP contribution in [0.25, 0.3) is 22.0 Å². The van der Waals surface area contributed by atoms with Crippen molar-refractivity contribution in [2.45, 2.75) is 20.0 Å². The zero-order valence-electron chi connectivity index (χ0n) is 12.6. The molecule has 0 N–H and O–H groups in total. The second-order valence-corrected chi connectivity index (χ2v) is 5.39. The van der Waals surface area contributed by atoms with Gasteiger partial charge >= 0.3 is 5.97 Å². The summed E-state index contributed by atoms with van der Waals surface area (Å²) in [6.45, 7) is 3.66. The van der Waals surface area contributed by atoms with Crippen molar-refractivity contribution in [1.82, 2.24) is 4.98 Å². The lowest BCUT2D eigenvalue weighted by atomic mass is 10.0. The number of carbonyl (C=O) groups excluding carboxylic acids is 1. The van der Waals surface area contributed by atoms with Crippen molar-refractivity contribution in [3.63, 3.8) is 0 Å². The monoisotopic (exact) mass is 291 g/mol. The molecule has 0 spiro atoms. The molecule has 0 aliphatic rings. The van der Waals surface area contributed by atoms with Crippen LogP contribution in [0.5, 0.6) is 0 Å². The first-order valence-electron chi connectivity index (χ1n) is 7.31. The quantitative estimate of drug-likeness (QED) is 0.668. The molecule has 0 amide bonds. The fraction of sp³-hybridized carbons (Fsp3) is 0.158. The summed E-state index contributed by atoms with van der Waals surface area (Å²) in [6, 6.07) is 19.6. The summed E-state index contributed by atoms with van der Waals surface area (Å²) in [6.07, 6.45) is -0.166. The zero-order chi connectivity index (χ0) is 15.5. The molecule has 0 atom stereocenters. The number of para-hydroxylation sites is 1. The highest BCUT2D eigenvalue weighted by molar-refractivity contribution is 5.99. The van der Waals surface area contributed by atoms with Crippen LogP contribution in [0.15, 0.2) is 60.7 Å². The van der Waals surface area contributed by atoms with Crippen molar-refractivity contribution in [3.8, 4) is 11.1 Å². The van der Waals surface area contributed by atoms with Gasteiger partial charge in [-0.05, 0) is 37.1 Å². The van der Waals surface area contributed by atoms with Gasteiger partial charge in [-0.1, -0.05) is 48.5 Å². The second-order valence-electron chi connectivity index (χ2n) is 5.39. The lowest BCUT2D eigenvalue weighted by Gasteiger charge is -2.11. The van der Waals surface area contributed by atoms with Gasteiger partial charge in [0.1, 0.15) is 5.69 Å². The van der Waals surface area contributed by atoms with Gasteiger partial charge < -0.3 is 4.74 Å². The standard InChI is InChI=1S/C19H17NO2/c1-13(2)22-19(21)18-12-16(14-8-4-3-5-9-14)15-10-6-7-11-17(15)20-18/h3-13H,1-2H3. The van der Waals surface area contributed by atoms with E-state index in [0.717, 1.165) is 22.0 Å². The third kappa shape index (κ3) is 2.84. The summed E-state index contributed by atoms with van der Waals surface area (Å²) >= 11 is 0. The minimum atomic E-state index is -0.391. The number of pyridine rings is 1. The maximum Gasteiger partial charge on any atom is 0.357 e. The Balaban J connectivity index is 2.19. The highest BCUT2D eigenvalue weighted by Crippen LogP contribution is 2.28. The Kier molecular flexibility index (Phi) is 3.88. The number of esters is 1. The first-order valence-corrected chi connectivity index (χ1v) is 7.31. The maximum absolute atomic E-state index is 12.2. The van der Waals surface area contributed by atoms with Crippen LogP contribution < -0.4 is 0 Å². The van der Waals surface area contributed by atoms with E-state index in [1.807, 2.05) is 74.5 Å². The van der Waals surface area contributed by atoms with Crippen LogP contribution in [0, 0.1) is 0 Å². The van der Waals surface area contributed by atoms with Crippen LogP contribution in [-0.2, 0) is 4.74 Å². The van der Waals surface area contributed by atoms with Gasteiger partial charge in [0.15, 0.2) is 0 Å². The van der Waals surface area contributed by atoms with Crippen molar-refractivity contribution in [1.29, 1.82) is 0 Å². The molecule has 3 heteroatoms. The number of rotatable bonds is 3. The molecule has 3 aromatic rings. The molecule has 3 nitrogen and oxygen atoms in total. The van der Waals surface area contributed by atoms with E-state index in [4.69, 9.17) is 4.74 Å². The van der Waals surface area contributed by atoms with E-state index in [1.54, 1.807) is 0 Å². The van der Waals surface area contributed by atoms with Crippen LogP contribution in [0.1, 0.15) is 24.3 Å². The van der Waals surface area contributed by atoms with Gasteiger partial charge in [0, 0.05) is 5.39 Å². The van der Waals surface area contributed by atoms with Gasteiger partial charge in [-0.3, -0.25) is 0 Å². The van der Waals surface area contributed by atoms with Gasteiger partial charge in [0.2, 0.25) is 0 Å². The van der Waals surface area contributed by atoms with Gasteiger partial charge in [-0.2, -0.15) is 0 Å². The van der Waals surface area contributed by atoms with Crippen LogP contribution in [0.2, 0.25) is 0 Å². The van der Waals surface area contributed by atoms with Gasteiger partial charge in [0.25, 0.3) is 0 Å². The van der Waals surface area contributed by atoms with Crippen molar-refractivity contribution in [3.05, 3.63) is 66.4 Å². The lowest BCUT2D eigenvalue weighted by Crippen LogP contribution is -2.13. The molecule has 0 bridgehead atoms. The highest BCUT2D eigenvalue weighted by atomic mass is 16.5. The number of fused-ring (bicyclic) bond motifs is 1. The maximum atomic E-state index is 12.2. The fourth-order valence-electron chi connectivity index (χ4n) is 2.41. The Morgan fingerprint density at radius 3 is 2.41 bits per heavy atom. The van der Waals surface area contributed by atoms with E-state index in [-0.39, 0.29) is 6.10 Å². The Labute approximate surface area is 129 Å². The smallest absolute Gasteiger partial charge is 0.357 e. The summed E-state index contributed by atoms with van der Waals surface area (Å²) in [7, 11) is 0. The second kappa shape index (κ2) is 5.98. The number of aromatic nitrogens is 1. The SMILES string of the molecule is CC(C)OC(=O)c1cc(-c2ccccc2)c2ccccc2n1. The molecule has 0 aliphatic heterocycles. The largest absolute Gasteiger partial charge is 0.458 e. The summed E-state index contributed by atoms with van der Waals surface area (Å²) in [5.74, 6) is -0.391. The lowest BCUT2D eigenvalue weighted by molar-refractivity contribution is 0.0371. The Morgan fingerprint density at radius 1 is 1.00 bits per heavy atom. The Hall–Kier alpha value is -2.68. The van der Waals surface area contributed by atoms with Crippen molar-refractivity contribution in [2.75, 3.05) is 0 Å². The number of benzene rings is 2. The number of hydrogen-bond acceptors (Lipinski definition) is 3. The van der Waals surface area contributed by atoms with Crippen molar-refractivity contribution in [2.24, 2.45) is 0 Å². The average Bonchev–Trinajstić information content (AvgIpc) is 2.54. The molecule has 22 heavy (non-hydrogen) atoms. The number of hydrogen-bond donors (Lipinski definition) is 0. The number of carbonyl (C=O) groups is 1. The van der Waals surface area contributed by atoms with E-state index in [1.165, 1.54) is 0 Å². The Morgan fingerprint density at radius 2 is 1.68 bits per heavy atom. The van der Waals surface area contributed by atoms with E-state index in [9.17, 15) is 4.79 Å². The molecule has 0 unspecified atom stereocenters. The van der Waals surface area contributed by atoms with E-state index in [2.05, 4.69) is 4.98 Å². The van der Waals surface area contributed by atoms with E-state index in [0.29, 0.717) is 5.69 Å². The molecule has 0 saturated carbocycles. The predicted octanol–water partition coefficient (Wildman–Crippen LogP) is 4.47. The molecule has 0 radical (unpaired) electrons. The van der Waals surface area contributed by atoms with E-state index < -0.39 is 5.97 Å². The molecule has 1 aromatic heterocycles. The summed E-state index contributed by atoms with van der Waals surface area (Å²) in [5.41, 5.74) is 3.17. The number of ether oxygens (including phenoxy) is 1. The molecule has 110 valence electrons. The highest BCUT2D eigenvalue weighted by Gasteiger charge is 2.15. The average molecular weight is 291 g/mol. The zero-order valence-corrected chi connectivity index (χ0v) is 12.6. The Bertz CT molecular complexity index is 810. The summed E-state index contributed by atoms with van der Waals surface area (Å²) in [5, 5.41) is 1.02. The van der Waals surface area contributed by atoms with E-state index >= 15 is 0 Å². The van der Waals surface area contributed by atoms with Crippen molar-refractivity contribution < 1.29 is 9.53 Å². The normalized spacial score (nSPS) is 10.9. The third-order valence-electron chi connectivity index (χ3n) is 3.35. The molecular formula is C19H17NO2. The molecular weight excluding hydrogens is 274 g/mol. The van der Waals surface area contributed by atoms with Crippen LogP contribution in [0.3, 0.4) is 0 Å². The third-order valence-corrected chi connectivity index (χ3v) is 3.35. The fourth-order valence-corrected chi connectivity index (χ4v) is 2.41. The molecule has 0 fully saturated rings. The topological polar surface area (TPSA) is 39.2 Å². The summed E-state index contributed by atoms with van der Waals surface area (Å²) < 4.78 is 5.27. The van der Waals surface area contributed by atoms with Gasteiger partial charge in [-0.15, -0.1) is 0 Å². The molecule has 1 heterocycles. The van der Waals surface area contributed by atoms with Crippen molar-refractivity contribution >= 4 is 16.9 Å². The first-order chi connectivity index (χ1) is 10.6. The molecule has 2 aromatic carbocycles.